The number of hydrogen-bond acceptors (Lipinski definition) is 3. The fourth-order valence-electron chi connectivity index (χ4n) is 1.66. The lowest BCUT2D eigenvalue weighted by Gasteiger charge is -2.09. The molecule has 0 saturated carbocycles. The average molecular weight is 279 g/mol. The standard InChI is InChI=1S/C15H21NO4/c1-11(2)10-20-9-5-8-16-14(17)12-6-3-4-7-13(12)15(18)19/h3-4,6-7,11H,5,8-10H2,1-2H3,(H,16,17)(H,18,19). The molecular formula is C15H21NO4. The smallest absolute Gasteiger partial charge is 0.336 e. The van der Waals surface area contributed by atoms with Crippen molar-refractivity contribution in [2.75, 3.05) is 19.8 Å². The second kappa shape index (κ2) is 8.32. The molecule has 0 fully saturated rings. The molecule has 1 amide bonds. The van der Waals surface area contributed by atoms with Gasteiger partial charge in [0.05, 0.1) is 11.1 Å². The van der Waals surface area contributed by atoms with Crippen molar-refractivity contribution < 1.29 is 19.4 Å². The number of carboxylic acid groups (broad SMARTS) is 1. The zero-order valence-electron chi connectivity index (χ0n) is 11.9. The largest absolute Gasteiger partial charge is 0.478 e. The number of aromatic carboxylic acids is 1. The molecule has 0 spiro atoms. The van der Waals surface area contributed by atoms with E-state index in [0.29, 0.717) is 32.1 Å². The van der Waals surface area contributed by atoms with E-state index in [-0.39, 0.29) is 17.0 Å². The summed E-state index contributed by atoms with van der Waals surface area (Å²) < 4.78 is 5.40. The fraction of sp³-hybridized carbons (Fsp3) is 0.467. The Morgan fingerprint density at radius 3 is 2.50 bits per heavy atom. The van der Waals surface area contributed by atoms with Crippen LogP contribution in [0.4, 0.5) is 0 Å². The summed E-state index contributed by atoms with van der Waals surface area (Å²) in [5.41, 5.74) is 0.198. The van der Waals surface area contributed by atoms with Crippen LogP contribution in [0.1, 0.15) is 41.0 Å². The van der Waals surface area contributed by atoms with Gasteiger partial charge in [-0.05, 0) is 24.5 Å². The summed E-state index contributed by atoms with van der Waals surface area (Å²) >= 11 is 0. The van der Waals surface area contributed by atoms with Gasteiger partial charge in [-0.2, -0.15) is 0 Å². The number of hydrogen-bond donors (Lipinski definition) is 2. The summed E-state index contributed by atoms with van der Waals surface area (Å²) in [6.45, 7) is 5.90. The first-order chi connectivity index (χ1) is 9.52. The summed E-state index contributed by atoms with van der Waals surface area (Å²) in [5.74, 6) is -0.977. The van der Waals surface area contributed by atoms with Gasteiger partial charge in [0.15, 0.2) is 0 Å². The molecule has 1 aromatic rings. The predicted molar refractivity (Wildman–Crippen MR) is 76.0 cm³/mol. The third-order valence-corrected chi connectivity index (χ3v) is 2.60. The van der Waals surface area contributed by atoms with E-state index in [4.69, 9.17) is 9.84 Å². The molecule has 0 saturated heterocycles. The van der Waals surface area contributed by atoms with Gasteiger partial charge in [0, 0.05) is 19.8 Å². The van der Waals surface area contributed by atoms with Gasteiger partial charge < -0.3 is 15.2 Å². The quantitative estimate of drug-likeness (QED) is 0.715. The van der Waals surface area contributed by atoms with Crippen LogP contribution in [-0.4, -0.2) is 36.7 Å². The number of ether oxygens (including phenoxy) is 1. The number of amides is 1. The zero-order chi connectivity index (χ0) is 15.0. The molecule has 0 aromatic heterocycles. The highest BCUT2D eigenvalue weighted by atomic mass is 16.5. The van der Waals surface area contributed by atoms with E-state index in [1.165, 1.54) is 12.1 Å². The molecule has 5 heteroatoms. The number of nitrogens with one attached hydrogen (secondary N) is 1. The van der Waals surface area contributed by atoms with Crippen LogP contribution in [0.25, 0.3) is 0 Å². The maximum absolute atomic E-state index is 11.9. The molecule has 5 nitrogen and oxygen atoms in total. The monoisotopic (exact) mass is 279 g/mol. The maximum atomic E-state index is 11.9. The van der Waals surface area contributed by atoms with Crippen LogP contribution in [0, 0.1) is 5.92 Å². The molecule has 20 heavy (non-hydrogen) atoms. The first-order valence-corrected chi connectivity index (χ1v) is 6.70. The topological polar surface area (TPSA) is 75.6 Å². The first kappa shape index (κ1) is 16.2. The van der Waals surface area contributed by atoms with E-state index in [2.05, 4.69) is 19.2 Å². The molecule has 1 rings (SSSR count). The number of carboxylic acids is 1. The molecule has 0 radical (unpaired) electrons. The third kappa shape index (κ3) is 5.40. The number of carbonyl (C=O) groups excluding carboxylic acids is 1. The molecule has 110 valence electrons. The number of benzene rings is 1. The molecule has 0 atom stereocenters. The Labute approximate surface area is 118 Å². The lowest BCUT2D eigenvalue weighted by atomic mass is 10.1. The van der Waals surface area contributed by atoms with Gasteiger partial charge in [0.1, 0.15) is 0 Å². The van der Waals surface area contributed by atoms with Crippen molar-refractivity contribution in [1.29, 1.82) is 0 Å². The van der Waals surface area contributed by atoms with Crippen molar-refractivity contribution in [3.05, 3.63) is 35.4 Å². The molecule has 0 unspecified atom stereocenters. The maximum Gasteiger partial charge on any atom is 0.336 e. The Balaban J connectivity index is 2.38. The predicted octanol–water partition coefficient (Wildman–Crippen LogP) is 2.18. The minimum Gasteiger partial charge on any atom is -0.478 e. The van der Waals surface area contributed by atoms with Gasteiger partial charge in [0.25, 0.3) is 5.91 Å². The van der Waals surface area contributed by atoms with Gasteiger partial charge >= 0.3 is 5.97 Å². The van der Waals surface area contributed by atoms with E-state index in [9.17, 15) is 9.59 Å². The lowest BCUT2D eigenvalue weighted by Crippen LogP contribution is -2.27. The molecule has 0 aliphatic rings. The second-order valence-electron chi connectivity index (χ2n) is 4.93. The van der Waals surface area contributed by atoms with Crippen molar-refractivity contribution in [2.24, 2.45) is 5.92 Å². The van der Waals surface area contributed by atoms with Crippen molar-refractivity contribution >= 4 is 11.9 Å². The molecule has 0 heterocycles. The highest BCUT2D eigenvalue weighted by Gasteiger charge is 2.14. The SMILES string of the molecule is CC(C)COCCCNC(=O)c1ccccc1C(=O)O. The summed E-state index contributed by atoms with van der Waals surface area (Å²) in [7, 11) is 0. The van der Waals surface area contributed by atoms with Crippen molar-refractivity contribution in [3.8, 4) is 0 Å². The Morgan fingerprint density at radius 1 is 1.25 bits per heavy atom. The van der Waals surface area contributed by atoms with Crippen LogP contribution in [-0.2, 0) is 4.74 Å². The van der Waals surface area contributed by atoms with Crippen molar-refractivity contribution in [2.45, 2.75) is 20.3 Å². The fourth-order valence-corrected chi connectivity index (χ4v) is 1.66. The summed E-state index contributed by atoms with van der Waals surface area (Å²) in [6, 6.07) is 6.17. The first-order valence-electron chi connectivity index (χ1n) is 6.70. The normalized spacial score (nSPS) is 10.6. The summed E-state index contributed by atoms with van der Waals surface area (Å²) in [6.07, 6.45) is 0.702. The van der Waals surface area contributed by atoms with Crippen LogP contribution in [0.3, 0.4) is 0 Å². The Kier molecular flexibility index (Phi) is 6.73. The molecule has 1 aromatic carbocycles. The van der Waals surface area contributed by atoms with Crippen molar-refractivity contribution in [3.63, 3.8) is 0 Å². The van der Waals surface area contributed by atoms with Gasteiger partial charge in [0.2, 0.25) is 0 Å². The highest BCUT2D eigenvalue weighted by molar-refractivity contribution is 6.04. The van der Waals surface area contributed by atoms with E-state index in [1.54, 1.807) is 12.1 Å². The molecule has 0 bridgehead atoms. The van der Waals surface area contributed by atoms with E-state index in [0.717, 1.165) is 0 Å². The van der Waals surface area contributed by atoms with Crippen LogP contribution >= 0.6 is 0 Å². The number of rotatable bonds is 8. The molecule has 2 N–H and O–H groups in total. The van der Waals surface area contributed by atoms with Gasteiger partial charge in [-0.25, -0.2) is 4.79 Å². The van der Waals surface area contributed by atoms with E-state index in [1.807, 2.05) is 0 Å². The molecular weight excluding hydrogens is 258 g/mol. The van der Waals surface area contributed by atoms with Gasteiger partial charge in [-0.15, -0.1) is 0 Å². The van der Waals surface area contributed by atoms with Gasteiger partial charge in [-0.3, -0.25) is 4.79 Å². The Hall–Kier alpha value is -1.88. The molecule has 0 aliphatic heterocycles. The minimum absolute atomic E-state index is 0.0149. The molecule has 0 aliphatic carbocycles. The average Bonchev–Trinajstić information content (AvgIpc) is 2.42. The van der Waals surface area contributed by atoms with Crippen LogP contribution < -0.4 is 5.32 Å². The van der Waals surface area contributed by atoms with Crippen LogP contribution in [0.2, 0.25) is 0 Å². The Morgan fingerprint density at radius 2 is 1.90 bits per heavy atom. The summed E-state index contributed by atoms with van der Waals surface area (Å²) in [4.78, 5) is 22.9. The third-order valence-electron chi connectivity index (χ3n) is 2.60. The van der Waals surface area contributed by atoms with Crippen molar-refractivity contribution in [1.82, 2.24) is 5.32 Å². The van der Waals surface area contributed by atoms with Crippen LogP contribution in [0.15, 0.2) is 24.3 Å². The van der Waals surface area contributed by atoms with E-state index < -0.39 is 5.97 Å². The zero-order valence-corrected chi connectivity index (χ0v) is 11.9. The number of carbonyl (C=O) groups is 2. The lowest BCUT2D eigenvalue weighted by molar-refractivity contribution is 0.0690. The summed E-state index contributed by atoms with van der Waals surface area (Å²) in [5, 5.41) is 11.7. The Bertz CT molecular complexity index is 457. The van der Waals surface area contributed by atoms with Crippen LogP contribution in [0.5, 0.6) is 0 Å². The highest BCUT2D eigenvalue weighted by Crippen LogP contribution is 2.08. The minimum atomic E-state index is -1.10. The second-order valence-corrected chi connectivity index (χ2v) is 4.93. The van der Waals surface area contributed by atoms with E-state index >= 15 is 0 Å². The van der Waals surface area contributed by atoms with Gasteiger partial charge in [-0.1, -0.05) is 26.0 Å².